The number of benzene rings is 1. The van der Waals surface area contributed by atoms with Crippen LogP contribution in [-0.2, 0) is 0 Å². The van der Waals surface area contributed by atoms with Crippen molar-refractivity contribution in [2.24, 2.45) is 4.99 Å². The fraction of sp³-hybridized carbons (Fsp3) is 0.650. The van der Waals surface area contributed by atoms with E-state index in [2.05, 4.69) is 15.6 Å². The van der Waals surface area contributed by atoms with E-state index in [9.17, 15) is 8.78 Å². The van der Waals surface area contributed by atoms with E-state index in [-0.39, 0.29) is 42.7 Å². The summed E-state index contributed by atoms with van der Waals surface area (Å²) in [5.74, 6) is 2.23. The van der Waals surface area contributed by atoms with Crippen LogP contribution in [0.4, 0.5) is 8.78 Å². The first kappa shape index (κ1) is 25.7. The van der Waals surface area contributed by atoms with Gasteiger partial charge in [0.1, 0.15) is 17.6 Å². The molecule has 0 radical (unpaired) electrons. The van der Waals surface area contributed by atoms with Gasteiger partial charge >= 0.3 is 0 Å². The quantitative estimate of drug-likeness (QED) is 0.294. The second-order valence-corrected chi connectivity index (χ2v) is 6.94. The summed E-state index contributed by atoms with van der Waals surface area (Å²) < 4.78 is 36.1. The zero-order chi connectivity index (χ0) is 20.4. The van der Waals surface area contributed by atoms with Crippen LogP contribution in [0.25, 0.3) is 0 Å². The standard InChI is InChI=1S/C20H32F2N4O2.HI/c1-4-23-20(25-16-8-10-26(11-9-16)14-19(21)22)24-13-15(2)28-18-7-5-6-17(12-18)27-3;/h5-7,12,15-16,19H,4,8-11,13-14H2,1-3H3,(H2,23,24,25);1H. The Balaban J connectivity index is 0.00000420. The third kappa shape index (κ3) is 9.79. The van der Waals surface area contributed by atoms with Gasteiger partial charge in [0.15, 0.2) is 5.96 Å². The lowest BCUT2D eigenvalue weighted by molar-refractivity contribution is 0.0744. The lowest BCUT2D eigenvalue weighted by Gasteiger charge is -2.32. The number of halogens is 3. The highest BCUT2D eigenvalue weighted by molar-refractivity contribution is 14.0. The van der Waals surface area contributed by atoms with Gasteiger partial charge in [0.2, 0.25) is 0 Å². The number of aliphatic imine (C=N–C) groups is 1. The van der Waals surface area contributed by atoms with Gasteiger partial charge in [-0.1, -0.05) is 6.07 Å². The molecule has 1 unspecified atom stereocenters. The second-order valence-electron chi connectivity index (χ2n) is 6.94. The first-order valence-electron chi connectivity index (χ1n) is 9.86. The SMILES string of the molecule is CCNC(=NCC(C)Oc1cccc(OC)c1)NC1CCN(CC(F)F)CC1.I. The molecule has 1 saturated heterocycles. The number of rotatable bonds is 9. The molecule has 1 fully saturated rings. The minimum atomic E-state index is -2.27. The third-order valence-corrected chi connectivity index (χ3v) is 4.55. The molecule has 1 atom stereocenters. The fourth-order valence-electron chi connectivity index (χ4n) is 3.13. The zero-order valence-electron chi connectivity index (χ0n) is 17.4. The maximum Gasteiger partial charge on any atom is 0.251 e. The minimum Gasteiger partial charge on any atom is -0.497 e. The van der Waals surface area contributed by atoms with E-state index in [0.717, 1.165) is 36.8 Å². The highest BCUT2D eigenvalue weighted by atomic mass is 127. The Hall–Kier alpha value is -1.36. The lowest BCUT2D eigenvalue weighted by Crippen LogP contribution is -2.49. The molecule has 2 rings (SSSR count). The van der Waals surface area contributed by atoms with Crippen molar-refractivity contribution in [3.05, 3.63) is 24.3 Å². The fourth-order valence-corrected chi connectivity index (χ4v) is 3.13. The number of hydrogen-bond acceptors (Lipinski definition) is 4. The number of hydrogen-bond donors (Lipinski definition) is 2. The molecule has 2 N–H and O–H groups in total. The number of piperidine rings is 1. The molecule has 0 bridgehead atoms. The van der Waals surface area contributed by atoms with E-state index in [1.54, 1.807) is 7.11 Å². The molecular weight excluding hydrogens is 493 g/mol. The van der Waals surface area contributed by atoms with E-state index >= 15 is 0 Å². The van der Waals surface area contributed by atoms with Crippen molar-refractivity contribution < 1.29 is 18.3 Å². The Bertz CT molecular complexity index is 614. The number of nitrogens with zero attached hydrogens (tertiary/aromatic N) is 2. The largest absolute Gasteiger partial charge is 0.497 e. The molecule has 0 saturated carbocycles. The Morgan fingerprint density at radius 1 is 1.28 bits per heavy atom. The molecule has 0 aliphatic carbocycles. The highest BCUT2D eigenvalue weighted by Gasteiger charge is 2.22. The molecule has 1 aliphatic rings. The van der Waals surface area contributed by atoms with Gasteiger partial charge < -0.3 is 20.1 Å². The topological polar surface area (TPSA) is 58.1 Å². The zero-order valence-corrected chi connectivity index (χ0v) is 19.7. The van der Waals surface area contributed by atoms with Crippen molar-refractivity contribution in [1.29, 1.82) is 0 Å². The van der Waals surface area contributed by atoms with Crippen LogP contribution in [0.5, 0.6) is 11.5 Å². The van der Waals surface area contributed by atoms with Crippen LogP contribution in [0, 0.1) is 0 Å². The lowest BCUT2D eigenvalue weighted by atomic mass is 10.1. The molecule has 1 aromatic rings. The number of methoxy groups -OCH3 is 1. The van der Waals surface area contributed by atoms with Gasteiger partial charge in [0.05, 0.1) is 20.2 Å². The van der Waals surface area contributed by atoms with Gasteiger partial charge in [-0.2, -0.15) is 0 Å². The van der Waals surface area contributed by atoms with Gasteiger partial charge in [-0.3, -0.25) is 4.90 Å². The summed E-state index contributed by atoms with van der Waals surface area (Å²) in [5, 5.41) is 6.66. The summed E-state index contributed by atoms with van der Waals surface area (Å²) in [6, 6.07) is 7.73. The maximum absolute atomic E-state index is 12.5. The molecule has 0 amide bonds. The summed E-state index contributed by atoms with van der Waals surface area (Å²) in [5.41, 5.74) is 0. The van der Waals surface area contributed by atoms with Gasteiger partial charge in [0, 0.05) is 31.7 Å². The predicted molar refractivity (Wildman–Crippen MR) is 123 cm³/mol. The first-order valence-corrected chi connectivity index (χ1v) is 9.86. The van der Waals surface area contributed by atoms with E-state index in [1.165, 1.54) is 0 Å². The molecule has 9 heteroatoms. The van der Waals surface area contributed by atoms with Crippen LogP contribution < -0.4 is 20.1 Å². The average Bonchev–Trinajstić information content (AvgIpc) is 2.67. The molecule has 1 aromatic carbocycles. The van der Waals surface area contributed by atoms with Crippen molar-refractivity contribution in [1.82, 2.24) is 15.5 Å². The van der Waals surface area contributed by atoms with E-state index in [1.807, 2.05) is 43.0 Å². The molecule has 29 heavy (non-hydrogen) atoms. The molecular formula is C20H33F2IN4O2. The molecule has 166 valence electrons. The first-order chi connectivity index (χ1) is 13.5. The van der Waals surface area contributed by atoms with Crippen molar-refractivity contribution >= 4 is 29.9 Å². The normalized spacial score (nSPS) is 16.8. The molecule has 1 aliphatic heterocycles. The monoisotopic (exact) mass is 526 g/mol. The predicted octanol–water partition coefficient (Wildman–Crippen LogP) is 3.37. The van der Waals surface area contributed by atoms with Gasteiger partial charge in [0.25, 0.3) is 6.43 Å². The number of likely N-dealkylation sites (tertiary alicyclic amines) is 1. The van der Waals surface area contributed by atoms with E-state index in [4.69, 9.17) is 9.47 Å². The van der Waals surface area contributed by atoms with Crippen molar-refractivity contribution in [2.75, 3.05) is 39.8 Å². The average molecular weight is 526 g/mol. The van der Waals surface area contributed by atoms with Crippen LogP contribution in [0.15, 0.2) is 29.3 Å². The smallest absolute Gasteiger partial charge is 0.251 e. The van der Waals surface area contributed by atoms with Gasteiger partial charge in [-0.15, -0.1) is 24.0 Å². The summed E-state index contributed by atoms with van der Waals surface area (Å²) in [6.07, 6.45) is -0.718. The van der Waals surface area contributed by atoms with Crippen LogP contribution in [0.3, 0.4) is 0 Å². The third-order valence-electron chi connectivity index (χ3n) is 4.55. The summed E-state index contributed by atoms with van der Waals surface area (Å²) in [6.45, 7) is 6.44. The van der Waals surface area contributed by atoms with Gasteiger partial charge in [-0.05, 0) is 38.8 Å². The van der Waals surface area contributed by atoms with Crippen molar-refractivity contribution in [2.45, 2.75) is 45.3 Å². The molecule has 0 aromatic heterocycles. The molecule has 0 spiro atoms. The van der Waals surface area contributed by atoms with E-state index < -0.39 is 6.43 Å². The number of ether oxygens (including phenoxy) is 2. The highest BCUT2D eigenvalue weighted by Crippen LogP contribution is 2.20. The number of alkyl halides is 2. The Kier molecular flexibility index (Phi) is 12.2. The second kappa shape index (κ2) is 13.8. The number of nitrogens with one attached hydrogen (secondary N) is 2. The van der Waals surface area contributed by atoms with Gasteiger partial charge in [-0.25, -0.2) is 13.8 Å². The van der Waals surface area contributed by atoms with Crippen LogP contribution in [0.1, 0.15) is 26.7 Å². The van der Waals surface area contributed by atoms with Crippen LogP contribution >= 0.6 is 24.0 Å². The van der Waals surface area contributed by atoms with Crippen molar-refractivity contribution in [3.8, 4) is 11.5 Å². The Morgan fingerprint density at radius 2 is 1.97 bits per heavy atom. The Labute approximate surface area is 189 Å². The number of guanidine groups is 1. The summed E-state index contributed by atoms with van der Waals surface area (Å²) in [4.78, 5) is 6.43. The maximum atomic E-state index is 12.5. The van der Waals surface area contributed by atoms with Crippen LogP contribution in [0.2, 0.25) is 0 Å². The molecule has 1 heterocycles. The van der Waals surface area contributed by atoms with E-state index in [0.29, 0.717) is 19.6 Å². The van der Waals surface area contributed by atoms with Crippen molar-refractivity contribution in [3.63, 3.8) is 0 Å². The minimum absolute atomic E-state index is 0. The summed E-state index contributed by atoms with van der Waals surface area (Å²) >= 11 is 0. The summed E-state index contributed by atoms with van der Waals surface area (Å²) in [7, 11) is 1.62. The Morgan fingerprint density at radius 3 is 2.59 bits per heavy atom. The molecule has 6 nitrogen and oxygen atoms in total. The van der Waals surface area contributed by atoms with Crippen LogP contribution in [-0.4, -0.2) is 69.3 Å².